The normalized spacial score (nSPS) is 11.9. The molecule has 0 aromatic rings. The maximum absolute atomic E-state index is 5.68. The van der Waals surface area contributed by atoms with Crippen molar-refractivity contribution in [3.63, 3.8) is 0 Å². The minimum Gasteiger partial charge on any atom is -0.381 e. The summed E-state index contributed by atoms with van der Waals surface area (Å²) in [6.07, 6.45) is 30.5. The zero-order valence-electron chi connectivity index (χ0n) is 17.4. The molecule has 0 spiro atoms. The van der Waals surface area contributed by atoms with Crippen LogP contribution in [0.25, 0.3) is 0 Å². The van der Waals surface area contributed by atoms with Crippen molar-refractivity contribution >= 4 is 0 Å². The van der Waals surface area contributed by atoms with Crippen LogP contribution in [0.2, 0.25) is 0 Å². The zero-order chi connectivity index (χ0) is 18.3. The molecular formula is C24H46O. The van der Waals surface area contributed by atoms with Gasteiger partial charge in [-0.1, -0.05) is 102 Å². The first kappa shape index (κ1) is 24.4. The molecule has 0 aliphatic carbocycles. The van der Waals surface area contributed by atoms with E-state index in [-0.39, 0.29) is 0 Å². The van der Waals surface area contributed by atoms with Gasteiger partial charge >= 0.3 is 0 Å². The number of unbranched alkanes of at least 4 members (excludes halogenated alkanes) is 12. The number of rotatable bonds is 20. The van der Waals surface area contributed by atoms with E-state index < -0.39 is 0 Å². The molecule has 1 heteroatoms. The van der Waals surface area contributed by atoms with E-state index in [4.69, 9.17) is 4.74 Å². The van der Waals surface area contributed by atoms with Gasteiger partial charge in [-0.05, 0) is 38.5 Å². The molecule has 0 bridgehead atoms. The Balaban J connectivity index is 3.12. The summed E-state index contributed by atoms with van der Waals surface area (Å²) in [5, 5.41) is 0. The minimum atomic E-state index is 0.873. The second kappa shape index (κ2) is 23.4. The highest BCUT2D eigenvalue weighted by molar-refractivity contribution is 4.82. The Morgan fingerprint density at radius 3 is 1.24 bits per heavy atom. The lowest BCUT2D eigenvalue weighted by atomic mass is 10.1. The van der Waals surface area contributed by atoms with Gasteiger partial charge in [0.05, 0.1) is 13.2 Å². The fourth-order valence-corrected chi connectivity index (χ4v) is 2.96. The predicted octanol–water partition coefficient (Wildman–Crippen LogP) is 8.40. The monoisotopic (exact) mass is 350 g/mol. The molecule has 0 aromatic heterocycles. The van der Waals surface area contributed by atoms with E-state index in [2.05, 4.69) is 38.2 Å². The van der Waals surface area contributed by atoms with Crippen molar-refractivity contribution in [1.29, 1.82) is 0 Å². The van der Waals surface area contributed by atoms with Crippen LogP contribution < -0.4 is 0 Å². The SMILES string of the molecule is CCCCCCCCC=CCCOCCC=CCCCCCCCC. The molecule has 0 aliphatic rings. The molecule has 0 heterocycles. The van der Waals surface area contributed by atoms with E-state index in [1.165, 1.54) is 89.9 Å². The lowest BCUT2D eigenvalue weighted by Crippen LogP contribution is -1.94. The van der Waals surface area contributed by atoms with Gasteiger partial charge in [-0.2, -0.15) is 0 Å². The fourth-order valence-electron chi connectivity index (χ4n) is 2.96. The third kappa shape index (κ3) is 23.4. The second-order valence-electron chi connectivity index (χ2n) is 7.25. The highest BCUT2D eigenvalue weighted by Gasteiger charge is 1.90. The molecule has 0 atom stereocenters. The summed E-state index contributed by atoms with van der Waals surface area (Å²) in [5.74, 6) is 0. The van der Waals surface area contributed by atoms with Crippen LogP contribution in [0, 0.1) is 0 Å². The summed E-state index contributed by atoms with van der Waals surface area (Å²) in [6, 6.07) is 0. The molecule has 0 rings (SSSR count). The topological polar surface area (TPSA) is 9.23 Å². The quantitative estimate of drug-likeness (QED) is 0.158. The van der Waals surface area contributed by atoms with E-state index in [9.17, 15) is 0 Å². The minimum absolute atomic E-state index is 0.873. The molecule has 0 radical (unpaired) electrons. The van der Waals surface area contributed by atoms with Crippen LogP contribution in [0.5, 0.6) is 0 Å². The first-order chi connectivity index (χ1) is 12.4. The standard InChI is InChI=1S/C24H46O/c1-3-5-7-9-11-13-15-17-19-21-23-25-24-22-20-18-16-14-12-10-8-6-4-2/h17-20H,3-16,21-24H2,1-2H3. The fraction of sp³-hybridized carbons (Fsp3) is 0.833. The van der Waals surface area contributed by atoms with Crippen molar-refractivity contribution in [2.45, 2.75) is 117 Å². The van der Waals surface area contributed by atoms with Crippen LogP contribution in [-0.2, 0) is 4.74 Å². The van der Waals surface area contributed by atoms with E-state index in [0.29, 0.717) is 0 Å². The summed E-state index contributed by atoms with van der Waals surface area (Å²) < 4.78 is 5.68. The van der Waals surface area contributed by atoms with E-state index in [1.807, 2.05) is 0 Å². The van der Waals surface area contributed by atoms with Gasteiger partial charge in [0.25, 0.3) is 0 Å². The van der Waals surface area contributed by atoms with Gasteiger partial charge in [0.1, 0.15) is 0 Å². The van der Waals surface area contributed by atoms with Crippen molar-refractivity contribution in [2.24, 2.45) is 0 Å². The van der Waals surface area contributed by atoms with Gasteiger partial charge in [-0.3, -0.25) is 0 Å². The summed E-state index contributed by atoms with van der Waals surface area (Å²) in [7, 11) is 0. The van der Waals surface area contributed by atoms with Crippen molar-refractivity contribution in [3.8, 4) is 0 Å². The smallest absolute Gasteiger partial charge is 0.0500 e. The molecule has 0 amide bonds. The van der Waals surface area contributed by atoms with Gasteiger partial charge in [0.2, 0.25) is 0 Å². The molecule has 0 saturated carbocycles. The van der Waals surface area contributed by atoms with Gasteiger partial charge in [-0.25, -0.2) is 0 Å². The number of ether oxygens (including phenoxy) is 1. The van der Waals surface area contributed by atoms with Crippen LogP contribution in [0.4, 0.5) is 0 Å². The summed E-state index contributed by atoms with van der Waals surface area (Å²) >= 11 is 0. The number of hydrogen-bond donors (Lipinski definition) is 0. The first-order valence-corrected chi connectivity index (χ1v) is 11.3. The zero-order valence-corrected chi connectivity index (χ0v) is 17.4. The molecule has 0 fully saturated rings. The summed E-state index contributed by atoms with van der Waals surface area (Å²) in [4.78, 5) is 0. The lowest BCUT2D eigenvalue weighted by molar-refractivity contribution is 0.143. The Morgan fingerprint density at radius 1 is 0.440 bits per heavy atom. The number of allylic oxidation sites excluding steroid dienone is 2. The number of hydrogen-bond acceptors (Lipinski definition) is 1. The third-order valence-corrected chi connectivity index (χ3v) is 4.64. The highest BCUT2D eigenvalue weighted by Crippen LogP contribution is 2.08. The van der Waals surface area contributed by atoms with E-state index >= 15 is 0 Å². The molecule has 25 heavy (non-hydrogen) atoms. The summed E-state index contributed by atoms with van der Waals surface area (Å²) in [6.45, 7) is 6.30. The average molecular weight is 351 g/mol. The van der Waals surface area contributed by atoms with Crippen LogP contribution >= 0.6 is 0 Å². The molecule has 148 valence electrons. The van der Waals surface area contributed by atoms with Crippen LogP contribution in [0.3, 0.4) is 0 Å². The lowest BCUT2D eigenvalue weighted by Gasteiger charge is -2.00. The van der Waals surface area contributed by atoms with Gasteiger partial charge in [0.15, 0.2) is 0 Å². The maximum Gasteiger partial charge on any atom is 0.0500 e. The molecule has 0 saturated heterocycles. The Morgan fingerprint density at radius 2 is 0.800 bits per heavy atom. The van der Waals surface area contributed by atoms with Crippen molar-refractivity contribution < 1.29 is 4.74 Å². The molecule has 0 aromatic carbocycles. The Hall–Kier alpha value is -0.560. The van der Waals surface area contributed by atoms with Gasteiger partial charge in [0, 0.05) is 0 Å². The Labute approximate surface area is 159 Å². The first-order valence-electron chi connectivity index (χ1n) is 11.3. The Bertz CT molecular complexity index is 252. The third-order valence-electron chi connectivity index (χ3n) is 4.64. The Kier molecular flexibility index (Phi) is 22.9. The average Bonchev–Trinajstić information content (AvgIpc) is 2.63. The van der Waals surface area contributed by atoms with E-state index in [0.717, 1.165) is 26.1 Å². The van der Waals surface area contributed by atoms with Crippen LogP contribution in [-0.4, -0.2) is 13.2 Å². The molecule has 0 aliphatic heterocycles. The summed E-state index contributed by atoms with van der Waals surface area (Å²) in [5.41, 5.74) is 0. The van der Waals surface area contributed by atoms with Crippen LogP contribution in [0.1, 0.15) is 117 Å². The van der Waals surface area contributed by atoms with E-state index in [1.54, 1.807) is 0 Å². The predicted molar refractivity (Wildman–Crippen MR) is 114 cm³/mol. The van der Waals surface area contributed by atoms with Crippen molar-refractivity contribution in [3.05, 3.63) is 24.3 Å². The van der Waals surface area contributed by atoms with Crippen LogP contribution in [0.15, 0.2) is 24.3 Å². The molecule has 0 unspecified atom stereocenters. The highest BCUT2D eigenvalue weighted by atomic mass is 16.5. The van der Waals surface area contributed by atoms with Crippen molar-refractivity contribution in [2.75, 3.05) is 13.2 Å². The van der Waals surface area contributed by atoms with Gasteiger partial charge in [-0.15, -0.1) is 0 Å². The molecule has 1 nitrogen and oxygen atoms in total. The van der Waals surface area contributed by atoms with Gasteiger partial charge < -0.3 is 4.74 Å². The molecule has 0 N–H and O–H groups in total. The maximum atomic E-state index is 5.68. The van der Waals surface area contributed by atoms with Crippen molar-refractivity contribution in [1.82, 2.24) is 0 Å². The second-order valence-corrected chi connectivity index (χ2v) is 7.25. The largest absolute Gasteiger partial charge is 0.381 e. The molecular weight excluding hydrogens is 304 g/mol.